The number of rotatable bonds is 6. The molecule has 25 heavy (non-hydrogen) atoms. The third-order valence-corrected chi connectivity index (χ3v) is 3.00. The topological polar surface area (TPSA) is 68.9 Å². The van der Waals surface area contributed by atoms with Crippen LogP contribution < -0.4 is 20.5 Å². The molecule has 0 unspecified atom stereocenters. The molecule has 0 saturated carbocycles. The Kier molecular flexibility index (Phi) is 6.10. The molecule has 0 aliphatic heterocycles. The zero-order chi connectivity index (χ0) is 18.3. The molecular weight excluding hydrogens is 335 g/mol. The molecular formula is C17H18F3N3O2. The number of ether oxygens (including phenoxy) is 2. The average molecular weight is 353 g/mol. The summed E-state index contributed by atoms with van der Waals surface area (Å²) in [6.07, 6.45) is -4.72. The number of alkyl halides is 3. The van der Waals surface area contributed by atoms with Gasteiger partial charge in [-0.1, -0.05) is 12.1 Å². The van der Waals surface area contributed by atoms with E-state index >= 15 is 0 Å². The zero-order valence-corrected chi connectivity index (χ0v) is 13.5. The average Bonchev–Trinajstić information content (AvgIpc) is 2.54. The number of halogens is 3. The Balaban J connectivity index is 1.93. The van der Waals surface area contributed by atoms with E-state index < -0.39 is 6.36 Å². The largest absolute Gasteiger partial charge is 0.573 e. The first-order chi connectivity index (χ1) is 11.9. The Bertz CT molecular complexity index is 716. The number of nitrogens with two attached hydrogens (primary N) is 1. The van der Waals surface area contributed by atoms with Gasteiger partial charge in [0.05, 0.1) is 13.2 Å². The minimum Gasteiger partial charge on any atom is -0.494 e. The molecule has 0 fully saturated rings. The van der Waals surface area contributed by atoms with Gasteiger partial charge in [0.2, 0.25) is 0 Å². The standard InChI is InChI=1S/C17H18F3N3O2/c1-2-24-15-5-3-4-12(10-15)11-22-16(21)23-13-6-8-14(9-7-13)25-17(18,19)20/h3-10H,2,11H2,1H3,(H3,21,22,23). The van der Waals surface area contributed by atoms with Gasteiger partial charge in [0, 0.05) is 5.69 Å². The number of nitrogens with zero attached hydrogens (tertiary/aromatic N) is 1. The van der Waals surface area contributed by atoms with E-state index in [0.29, 0.717) is 18.8 Å². The van der Waals surface area contributed by atoms with Crippen LogP contribution in [0.5, 0.6) is 11.5 Å². The van der Waals surface area contributed by atoms with Gasteiger partial charge in [-0.05, 0) is 48.9 Å². The maximum atomic E-state index is 12.1. The summed E-state index contributed by atoms with van der Waals surface area (Å²) in [5.41, 5.74) is 7.21. The fourth-order valence-corrected chi connectivity index (χ4v) is 2.00. The lowest BCUT2D eigenvalue weighted by Gasteiger charge is -2.10. The van der Waals surface area contributed by atoms with Crippen molar-refractivity contribution in [3.8, 4) is 11.5 Å². The van der Waals surface area contributed by atoms with Crippen molar-refractivity contribution in [3.05, 3.63) is 54.1 Å². The molecule has 3 N–H and O–H groups in total. The highest BCUT2D eigenvalue weighted by Gasteiger charge is 2.30. The highest BCUT2D eigenvalue weighted by atomic mass is 19.4. The van der Waals surface area contributed by atoms with Gasteiger partial charge in [0.15, 0.2) is 5.96 Å². The molecule has 2 rings (SSSR count). The number of hydrogen-bond donors (Lipinski definition) is 2. The second-order valence-electron chi connectivity index (χ2n) is 4.98. The molecule has 0 radical (unpaired) electrons. The van der Waals surface area contributed by atoms with Crippen LogP contribution in [0.4, 0.5) is 18.9 Å². The summed E-state index contributed by atoms with van der Waals surface area (Å²) in [6, 6.07) is 12.7. The van der Waals surface area contributed by atoms with Crippen LogP contribution in [-0.4, -0.2) is 18.9 Å². The molecule has 0 saturated heterocycles. The monoisotopic (exact) mass is 353 g/mol. The fraction of sp³-hybridized carbons (Fsp3) is 0.235. The summed E-state index contributed by atoms with van der Waals surface area (Å²) in [7, 11) is 0. The smallest absolute Gasteiger partial charge is 0.494 e. The van der Waals surface area contributed by atoms with Crippen molar-refractivity contribution in [1.82, 2.24) is 0 Å². The second kappa shape index (κ2) is 8.27. The van der Waals surface area contributed by atoms with Crippen molar-refractivity contribution >= 4 is 11.6 Å². The molecule has 0 aliphatic rings. The molecule has 0 bridgehead atoms. The predicted molar refractivity (Wildman–Crippen MR) is 89.7 cm³/mol. The van der Waals surface area contributed by atoms with Gasteiger partial charge >= 0.3 is 6.36 Å². The molecule has 0 aromatic heterocycles. The molecule has 134 valence electrons. The molecule has 8 heteroatoms. The van der Waals surface area contributed by atoms with Crippen LogP contribution in [0, 0.1) is 0 Å². The summed E-state index contributed by atoms with van der Waals surface area (Å²) in [4.78, 5) is 4.19. The van der Waals surface area contributed by atoms with Crippen LogP contribution in [0.1, 0.15) is 12.5 Å². The van der Waals surface area contributed by atoms with Crippen LogP contribution in [-0.2, 0) is 6.54 Å². The van der Waals surface area contributed by atoms with Crippen LogP contribution >= 0.6 is 0 Å². The first-order valence-electron chi connectivity index (χ1n) is 7.50. The Morgan fingerprint density at radius 3 is 2.48 bits per heavy atom. The van der Waals surface area contributed by atoms with Gasteiger partial charge in [-0.15, -0.1) is 13.2 Å². The number of benzene rings is 2. The van der Waals surface area contributed by atoms with Gasteiger partial charge in [0.1, 0.15) is 11.5 Å². The van der Waals surface area contributed by atoms with Crippen LogP contribution in [0.2, 0.25) is 0 Å². The third-order valence-electron chi connectivity index (χ3n) is 3.00. The highest BCUT2D eigenvalue weighted by Crippen LogP contribution is 2.23. The van der Waals surface area contributed by atoms with E-state index in [0.717, 1.165) is 11.3 Å². The third kappa shape index (κ3) is 6.62. The number of aliphatic imine (C=N–C) groups is 1. The van der Waals surface area contributed by atoms with Gasteiger partial charge in [-0.25, -0.2) is 4.99 Å². The molecule has 2 aromatic carbocycles. The first kappa shape index (κ1) is 18.4. The van der Waals surface area contributed by atoms with Gasteiger partial charge in [-0.3, -0.25) is 0 Å². The van der Waals surface area contributed by atoms with Crippen molar-refractivity contribution in [1.29, 1.82) is 0 Å². The lowest BCUT2D eigenvalue weighted by atomic mass is 10.2. The van der Waals surface area contributed by atoms with Crippen molar-refractivity contribution in [2.75, 3.05) is 11.9 Å². The molecule has 0 heterocycles. The van der Waals surface area contributed by atoms with E-state index in [1.807, 2.05) is 31.2 Å². The summed E-state index contributed by atoms with van der Waals surface area (Å²) in [5.74, 6) is 0.592. The zero-order valence-electron chi connectivity index (χ0n) is 13.5. The van der Waals surface area contributed by atoms with E-state index in [2.05, 4.69) is 15.0 Å². The van der Waals surface area contributed by atoms with Gasteiger partial charge < -0.3 is 20.5 Å². The summed E-state index contributed by atoms with van der Waals surface area (Å²) in [5, 5.41) is 2.80. The van der Waals surface area contributed by atoms with Crippen LogP contribution in [0.15, 0.2) is 53.5 Å². The summed E-state index contributed by atoms with van der Waals surface area (Å²) in [6.45, 7) is 2.82. The van der Waals surface area contributed by atoms with Crippen molar-refractivity contribution < 1.29 is 22.6 Å². The molecule has 5 nitrogen and oxygen atoms in total. The lowest BCUT2D eigenvalue weighted by Crippen LogP contribution is -2.22. The van der Waals surface area contributed by atoms with E-state index in [1.54, 1.807) is 0 Å². The second-order valence-corrected chi connectivity index (χ2v) is 4.98. The number of hydrogen-bond acceptors (Lipinski definition) is 3. The van der Waals surface area contributed by atoms with E-state index in [9.17, 15) is 13.2 Å². The molecule has 0 atom stereocenters. The Morgan fingerprint density at radius 1 is 1.12 bits per heavy atom. The quantitative estimate of drug-likeness (QED) is 0.610. The predicted octanol–water partition coefficient (Wildman–Crippen LogP) is 3.91. The van der Waals surface area contributed by atoms with E-state index in [4.69, 9.17) is 10.5 Å². The molecule has 0 spiro atoms. The van der Waals surface area contributed by atoms with Crippen molar-refractivity contribution in [2.24, 2.45) is 10.7 Å². The molecule has 2 aromatic rings. The Labute approximate surface area is 143 Å². The SMILES string of the molecule is CCOc1cccc(CN=C(N)Nc2ccc(OC(F)(F)F)cc2)c1. The number of guanidine groups is 1. The molecule has 0 amide bonds. The van der Waals surface area contributed by atoms with Crippen LogP contribution in [0.3, 0.4) is 0 Å². The number of anilines is 1. The highest BCUT2D eigenvalue weighted by molar-refractivity contribution is 5.92. The minimum absolute atomic E-state index is 0.145. The fourth-order valence-electron chi connectivity index (χ4n) is 2.00. The van der Waals surface area contributed by atoms with Gasteiger partial charge in [-0.2, -0.15) is 0 Å². The normalized spacial score (nSPS) is 11.9. The Hall–Kier alpha value is -2.90. The van der Waals surface area contributed by atoms with Gasteiger partial charge in [0.25, 0.3) is 0 Å². The number of nitrogens with one attached hydrogen (secondary N) is 1. The lowest BCUT2D eigenvalue weighted by molar-refractivity contribution is -0.274. The van der Waals surface area contributed by atoms with Crippen molar-refractivity contribution in [3.63, 3.8) is 0 Å². The maximum Gasteiger partial charge on any atom is 0.573 e. The van der Waals surface area contributed by atoms with Crippen LogP contribution in [0.25, 0.3) is 0 Å². The maximum absolute atomic E-state index is 12.1. The molecule has 0 aliphatic carbocycles. The van der Waals surface area contributed by atoms with E-state index in [-0.39, 0.29) is 11.7 Å². The van der Waals surface area contributed by atoms with E-state index in [1.165, 1.54) is 24.3 Å². The Morgan fingerprint density at radius 2 is 1.84 bits per heavy atom. The minimum atomic E-state index is -4.72. The first-order valence-corrected chi connectivity index (χ1v) is 7.50. The van der Waals surface area contributed by atoms with Crippen molar-refractivity contribution in [2.45, 2.75) is 19.8 Å². The summed E-state index contributed by atoms with van der Waals surface area (Å²) >= 11 is 0. The summed E-state index contributed by atoms with van der Waals surface area (Å²) < 4.78 is 45.5.